The Hall–Kier alpha value is -1.84. The lowest BCUT2D eigenvalue weighted by Crippen LogP contribution is -2.28. The quantitative estimate of drug-likeness (QED) is 0.542. The van der Waals surface area contributed by atoms with Crippen LogP contribution in [0.4, 0.5) is 0 Å². The van der Waals surface area contributed by atoms with Gasteiger partial charge in [0.1, 0.15) is 17.5 Å². The molecule has 0 bridgehead atoms. The predicted octanol–water partition coefficient (Wildman–Crippen LogP) is 2.79. The van der Waals surface area contributed by atoms with Gasteiger partial charge in [0, 0.05) is 6.42 Å². The Morgan fingerprint density at radius 1 is 1.25 bits per heavy atom. The van der Waals surface area contributed by atoms with Gasteiger partial charge in [-0.1, -0.05) is 19.1 Å². The average Bonchev–Trinajstić information content (AvgIpc) is 2.45. The Bertz CT molecular complexity index is 436. The van der Waals surface area contributed by atoms with E-state index in [2.05, 4.69) is 0 Å². The van der Waals surface area contributed by atoms with Gasteiger partial charge in [-0.15, -0.1) is 0 Å². The van der Waals surface area contributed by atoms with Gasteiger partial charge < -0.3 is 9.47 Å². The molecule has 4 nitrogen and oxygen atoms in total. The fourth-order valence-corrected chi connectivity index (χ4v) is 2.03. The summed E-state index contributed by atoms with van der Waals surface area (Å²) in [5.74, 6) is -0.502. The fraction of sp³-hybridized carbons (Fsp3) is 0.500. The first-order valence-electron chi connectivity index (χ1n) is 6.94. The van der Waals surface area contributed by atoms with Crippen LogP contribution < -0.4 is 4.74 Å². The molecule has 0 aliphatic rings. The van der Waals surface area contributed by atoms with Crippen molar-refractivity contribution in [2.45, 2.75) is 33.1 Å². The molecule has 0 aliphatic carbocycles. The van der Waals surface area contributed by atoms with Gasteiger partial charge in [0.25, 0.3) is 0 Å². The second-order valence-corrected chi connectivity index (χ2v) is 4.58. The van der Waals surface area contributed by atoms with E-state index in [1.807, 2.05) is 31.2 Å². The first kappa shape index (κ1) is 16.2. The van der Waals surface area contributed by atoms with Gasteiger partial charge in [-0.3, -0.25) is 9.59 Å². The molecular weight excluding hydrogens is 256 g/mol. The normalized spacial score (nSPS) is 11.8. The van der Waals surface area contributed by atoms with Crippen molar-refractivity contribution in [3.8, 4) is 5.75 Å². The summed E-state index contributed by atoms with van der Waals surface area (Å²) in [5, 5.41) is 0. The van der Waals surface area contributed by atoms with Crippen LogP contribution in [0.2, 0.25) is 0 Å². The minimum Gasteiger partial charge on any atom is -0.497 e. The Balaban J connectivity index is 2.87. The third kappa shape index (κ3) is 4.68. The second kappa shape index (κ2) is 8.35. The van der Waals surface area contributed by atoms with Gasteiger partial charge in [-0.05, 0) is 37.5 Å². The van der Waals surface area contributed by atoms with E-state index >= 15 is 0 Å². The maximum atomic E-state index is 12.1. The molecule has 0 saturated carbocycles. The van der Waals surface area contributed by atoms with Crippen molar-refractivity contribution < 1.29 is 19.1 Å². The van der Waals surface area contributed by atoms with Crippen molar-refractivity contribution in [3.63, 3.8) is 0 Å². The van der Waals surface area contributed by atoms with Gasteiger partial charge in [0.05, 0.1) is 13.7 Å². The molecule has 0 fully saturated rings. The molecule has 0 N–H and O–H groups in total. The number of carbonyl (C=O) groups is 2. The third-order valence-electron chi connectivity index (χ3n) is 3.03. The molecule has 1 atom stereocenters. The highest BCUT2D eigenvalue weighted by Gasteiger charge is 2.27. The van der Waals surface area contributed by atoms with Crippen molar-refractivity contribution in [1.29, 1.82) is 0 Å². The summed E-state index contributed by atoms with van der Waals surface area (Å²) in [7, 11) is 1.59. The molecule has 1 unspecified atom stereocenters. The summed E-state index contributed by atoms with van der Waals surface area (Å²) < 4.78 is 10.2. The molecule has 0 radical (unpaired) electrons. The monoisotopic (exact) mass is 278 g/mol. The fourth-order valence-electron chi connectivity index (χ4n) is 2.03. The third-order valence-corrected chi connectivity index (χ3v) is 3.03. The number of rotatable bonds is 8. The minimum atomic E-state index is -0.720. The van der Waals surface area contributed by atoms with Crippen molar-refractivity contribution in [2.75, 3.05) is 13.7 Å². The lowest BCUT2D eigenvalue weighted by molar-refractivity contribution is -0.151. The second-order valence-electron chi connectivity index (χ2n) is 4.58. The molecule has 0 spiro atoms. The van der Waals surface area contributed by atoms with E-state index in [-0.39, 0.29) is 12.4 Å². The number of hydrogen-bond donors (Lipinski definition) is 0. The highest BCUT2D eigenvalue weighted by molar-refractivity contribution is 5.99. The number of ether oxygens (including phenoxy) is 2. The Labute approximate surface area is 120 Å². The zero-order chi connectivity index (χ0) is 15.0. The Kier molecular flexibility index (Phi) is 6.77. The van der Waals surface area contributed by atoms with Gasteiger partial charge in [-0.2, -0.15) is 0 Å². The summed E-state index contributed by atoms with van der Waals surface area (Å²) in [6.07, 6.45) is 1.48. The molecule has 0 aromatic heterocycles. The van der Waals surface area contributed by atoms with Crippen LogP contribution in [0.25, 0.3) is 0 Å². The van der Waals surface area contributed by atoms with E-state index in [4.69, 9.17) is 9.47 Å². The zero-order valence-electron chi connectivity index (χ0n) is 12.3. The summed E-state index contributed by atoms with van der Waals surface area (Å²) in [6.45, 7) is 3.95. The lowest BCUT2D eigenvalue weighted by Gasteiger charge is -2.14. The van der Waals surface area contributed by atoms with Crippen molar-refractivity contribution in [1.82, 2.24) is 0 Å². The van der Waals surface area contributed by atoms with Crippen LogP contribution in [0.1, 0.15) is 32.3 Å². The summed E-state index contributed by atoms with van der Waals surface area (Å²) in [5.41, 5.74) is 0.895. The standard InChI is InChI=1S/C16H22O4/c1-4-7-15(17)14(16(18)20-5-2)11-12-8-6-9-13(10-12)19-3/h6,8-10,14H,4-5,7,11H2,1-3H3. The number of Topliss-reactive ketones (excluding diaryl/α,β-unsaturated/α-hetero) is 1. The smallest absolute Gasteiger partial charge is 0.316 e. The lowest BCUT2D eigenvalue weighted by atomic mass is 9.93. The van der Waals surface area contributed by atoms with Crippen LogP contribution in [0.15, 0.2) is 24.3 Å². The van der Waals surface area contributed by atoms with E-state index in [1.165, 1.54) is 0 Å². The number of methoxy groups -OCH3 is 1. The van der Waals surface area contributed by atoms with E-state index < -0.39 is 11.9 Å². The van der Waals surface area contributed by atoms with E-state index in [0.29, 0.717) is 18.6 Å². The van der Waals surface area contributed by atoms with Crippen molar-refractivity contribution in [3.05, 3.63) is 29.8 Å². The molecule has 0 saturated heterocycles. The van der Waals surface area contributed by atoms with Crippen LogP contribution >= 0.6 is 0 Å². The van der Waals surface area contributed by atoms with Crippen LogP contribution in [-0.4, -0.2) is 25.5 Å². The van der Waals surface area contributed by atoms with Crippen molar-refractivity contribution in [2.24, 2.45) is 5.92 Å². The highest BCUT2D eigenvalue weighted by atomic mass is 16.5. The molecule has 1 rings (SSSR count). The number of carbonyl (C=O) groups excluding carboxylic acids is 2. The SMILES string of the molecule is CCCC(=O)C(Cc1cccc(OC)c1)C(=O)OCC. The number of esters is 1. The van der Waals surface area contributed by atoms with Crippen molar-refractivity contribution >= 4 is 11.8 Å². The van der Waals surface area contributed by atoms with E-state index in [0.717, 1.165) is 12.0 Å². The molecule has 4 heteroatoms. The molecule has 0 amide bonds. The maximum Gasteiger partial charge on any atom is 0.316 e. The molecule has 0 heterocycles. The Morgan fingerprint density at radius 3 is 2.60 bits per heavy atom. The van der Waals surface area contributed by atoms with Crippen LogP contribution in [-0.2, 0) is 20.7 Å². The first-order valence-corrected chi connectivity index (χ1v) is 6.94. The molecule has 0 aliphatic heterocycles. The molecule has 1 aromatic rings. The van der Waals surface area contributed by atoms with Gasteiger partial charge in [0.15, 0.2) is 0 Å². The van der Waals surface area contributed by atoms with Gasteiger partial charge in [-0.25, -0.2) is 0 Å². The van der Waals surface area contributed by atoms with Crippen LogP contribution in [0, 0.1) is 5.92 Å². The summed E-state index contributed by atoms with van der Waals surface area (Å²) >= 11 is 0. The summed E-state index contributed by atoms with van der Waals surface area (Å²) in [4.78, 5) is 24.0. The molecular formula is C16H22O4. The van der Waals surface area contributed by atoms with Crippen LogP contribution in [0.5, 0.6) is 5.75 Å². The predicted molar refractivity (Wildman–Crippen MR) is 76.7 cm³/mol. The highest BCUT2D eigenvalue weighted by Crippen LogP contribution is 2.18. The molecule has 1 aromatic carbocycles. The first-order chi connectivity index (χ1) is 9.62. The number of benzene rings is 1. The van der Waals surface area contributed by atoms with E-state index in [1.54, 1.807) is 14.0 Å². The molecule has 110 valence electrons. The maximum absolute atomic E-state index is 12.1. The number of hydrogen-bond acceptors (Lipinski definition) is 4. The largest absolute Gasteiger partial charge is 0.497 e. The summed E-state index contributed by atoms with van der Waals surface area (Å²) in [6, 6.07) is 7.40. The molecule has 20 heavy (non-hydrogen) atoms. The van der Waals surface area contributed by atoms with Crippen LogP contribution in [0.3, 0.4) is 0 Å². The minimum absolute atomic E-state index is 0.0613. The van der Waals surface area contributed by atoms with Gasteiger partial charge >= 0.3 is 5.97 Å². The topological polar surface area (TPSA) is 52.6 Å². The Morgan fingerprint density at radius 2 is 2.00 bits per heavy atom. The zero-order valence-corrected chi connectivity index (χ0v) is 12.3. The number of ketones is 1. The van der Waals surface area contributed by atoms with Gasteiger partial charge in [0.2, 0.25) is 0 Å². The van der Waals surface area contributed by atoms with E-state index in [9.17, 15) is 9.59 Å². The average molecular weight is 278 g/mol.